The molecule has 1 amide bonds. The maximum absolute atomic E-state index is 12.6. The molecule has 0 saturated carbocycles. The number of thioether (sulfide) groups is 1. The van der Waals surface area contributed by atoms with Gasteiger partial charge < -0.3 is 4.42 Å². The lowest BCUT2D eigenvalue weighted by molar-refractivity contribution is -0.384. The molecule has 150 valence electrons. The first-order valence-electron chi connectivity index (χ1n) is 8.64. The summed E-state index contributed by atoms with van der Waals surface area (Å²) in [6.07, 6.45) is 3.19. The van der Waals surface area contributed by atoms with Crippen molar-refractivity contribution in [3.05, 3.63) is 80.7 Å². The number of benzene rings is 1. The number of nitro benzene ring substituents is 1. The molecule has 2 aromatic heterocycles. The van der Waals surface area contributed by atoms with Crippen molar-refractivity contribution in [2.24, 2.45) is 4.99 Å². The molecule has 30 heavy (non-hydrogen) atoms. The minimum absolute atomic E-state index is 0.00386. The third kappa shape index (κ3) is 3.98. The van der Waals surface area contributed by atoms with Gasteiger partial charge in [0, 0.05) is 37.0 Å². The van der Waals surface area contributed by atoms with Crippen LogP contribution in [0.2, 0.25) is 5.15 Å². The molecule has 1 saturated heterocycles. The number of carbonyl (C=O) groups excluding carboxylic acids is 1. The molecular weight excluding hydrogens is 428 g/mol. The maximum atomic E-state index is 12.6. The van der Waals surface area contributed by atoms with E-state index in [1.807, 2.05) is 0 Å². The Morgan fingerprint density at radius 3 is 2.70 bits per heavy atom. The Kier molecular flexibility index (Phi) is 5.39. The largest absolute Gasteiger partial charge is 0.457 e. The van der Waals surface area contributed by atoms with Crippen LogP contribution in [-0.2, 0) is 4.79 Å². The van der Waals surface area contributed by atoms with Gasteiger partial charge in [-0.2, -0.15) is 0 Å². The average molecular weight is 441 g/mol. The lowest BCUT2D eigenvalue weighted by Crippen LogP contribution is -2.23. The molecule has 0 N–H and O–H groups in total. The van der Waals surface area contributed by atoms with Crippen LogP contribution >= 0.6 is 23.4 Å². The van der Waals surface area contributed by atoms with E-state index in [9.17, 15) is 14.9 Å². The molecule has 0 aliphatic carbocycles. The van der Waals surface area contributed by atoms with Crippen molar-refractivity contribution >= 4 is 51.9 Å². The molecule has 4 rings (SSSR count). The number of aliphatic imine (C=N–C) groups is 1. The van der Waals surface area contributed by atoms with Gasteiger partial charge in [0.1, 0.15) is 17.2 Å². The zero-order chi connectivity index (χ0) is 21.3. The number of rotatable bonds is 4. The number of hydrogen-bond acceptors (Lipinski definition) is 7. The van der Waals surface area contributed by atoms with Crippen molar-refractivity contribution in [1.29, 1.82) is 0 Å². The summed E-state index contributed by atoms with van der Waals surface area (Å²) in [5.74, 6) is 0.803. The van der Waals surface area contributed by atoms with Crippen molar-refractivity contribution in [2.45, 2.75) is 0 Å². The van der Waals surface area contributed by atoms with Gasteiger partial charge in [-0.25, -0.2) is 9.98 Å². The van der Waals surface area contributed by atoms with Crippen molar-refractivity contribution in [3.8, 4) is 11.3 Å². The number of halogens is 1. The summed E-state index contributed by atoms with van der Waals surface area (Å²) in [6.45, 7) is 0. The number of carbonyl (C=O) groups is 1. The summed E-state index contributed by atoms with van der Waals surface area (Å²) in [6, 6.07) is 12.9. The van der Waals surface area contributed by atoms with E-state index in [0.717, 1.165) is 0 Å². The van der Waals surface area contributed by atoms with Crippen molar-refractivity contribution < 1.29 is 14.1 Å². The number of pyridine rings is 1. The fraction of sp³-hybridized carbons (Fsp3) is 0.0500. The zero-order valence-electron chi connectivity index (χ0n) is 15.5. The molecule has 3 aromatic rings. The van der Waals surface area contributed by atoms with Gasteiger partial charge in [-0.05, 0) is 48.2 Å². The molecule has 0 radical (unpaired) electrons. The van der Waals surface area contributed by atoms with Crippen molar-refractivity contribution in [1.82, 2.24) is 9.88 Å². The highest BCUT2D eigenvalue weighted by Crippen LogP contribution is 2.35. The Morgan fingerprint density at radius 1 is 1.23 bits per heavy atom. The van der Waals surface area contributed by atoms with Crippen LogP contribution in [-0.4, -0.2) is 32.9 Å². The molecule has 1 aliphatic heterocycles. The first-order chi connectivity index (χ1) is 14.4. The summed E-state index contributed by atoms with van der Waals surface area (Å²) >= 11 is 7.24. The molecule has 1 aliphatic rings. The Bertz CT molecular complexity index is 1200. The van der Waals surface area contributed by atoms with Gasteiger partial charge in [0.15, 0.2) is 10.3 Å². The van der Waals surface area contributed by atoms with E-state index in [1.165, 1.54) is 28.8 Å². The molecule has 1 aromatic carbocycles. The average Bonchev–Trinajstić information content (AvgIpc) is 3.31. The third-order valence-electron chi connectivity index (χ3n) is 4.22. The lowest BCUT2D eigenvalue weighted by atomic mass is 10.1. The number of nitrogens with zero attached hydrogens (tertiary/aromatic N) is 4. The number of hydrogen-bond donors (Lipinski definition) is 0. The fourth-order valence-electron chi connectivity index (χ4n) is 2.68. The van der Waals surface area contributed by atoms with E-state index in [4.69, 9.17) is 16.0 Å². The van der Waals surface area contributed by atoms with Crippen LogP contribution in [0.5, 0.6) is 0 Å². The van der Waals surface area contributed by atoms with Gasteiger partial charge in [0.05, 0.1) is 9.83 Å². The topological polar surface area (TPSA) is 102 Å². The predicted molar refractivity (Wildman–Crippen MR) is 115 cm³/mol. The van der Waals surface area contributed by atoms with Gasteiger partial charge in [0.25, 0.3) is 11.6 Å². The SMILES string of the molecule is CN1C(=O)/C(=C\c2ccc(-c3ccc([N+](=O)[O-])cc3)o2)SC1=Nc1cccnc1Cl. The van der Waals surface area contributed by atoms with Crippen LogP contribution in [0.15, 0.2) is 69.0 Å². The van der Waals surface area contributed by atoms with E-state index in [1.54, 1.807) is 55.7 Å². The summed E-state index contributed by atoms with van der Waals surface area (Å²) in [5.41, 5.74) is 1.17. The monoisotopic (exact) mass is 440 g/mol. The van der Waals surface area contributed by atoms with Gasteiger partial charge in [-0.15, -0.1) is 0 Å². The highest BCUT2D eigenvalue weighted by molar-refractivity contribution is 8.18. The number of amides is 1. The maximum Gasteiger partial charge on any atom is 0.269 e. The van der Waals surface area contributed by atoms with Crippen molar-refractivity contribution in [3.63, 3.8) is 0 Å². The first-order valence-corrected chi connectivity index (χ1v) is 9.83. The number of likely N-dealkylation sites (N-methyl/N-ethyl adjacent to an activating group) is 1. The van der Waals surface area contributed by atoms with Gasteiger partial charge in [0.2, 0.25) is 0 Å². The minimum Gasteiger partial charge on any atom is -0.457 e. The second kappa shape index (κ2) is 8.13. The smallest absolute Gasteiger partial charge is 0.269 e. The number of nitro groups is 1. The summed E-state index contributed by atoms with van der Waals surface area (Å²) in [5, 5.41) is 11.5. The molecule has 0 bridgehead atoms. The molecule has 8 nitrogen and oxygen atoms in total. The van der Waals surface area contributed by atoms with Crippen LogP contribution in [0.1, 0.15) is 5.76 Å². The number of amidine groups is 1. The van der Waals surface area contributed by atoms with E-state index in [-0.39, 0.29) is 16.7 Å². The Labute approximate surface area is 180 Å². The minimum atomic E-state index is -0.459. The predicted octanol–water partition coefficient (Wildman–Crippen LogP) is 5.14. The second-order valence-corrected chi connectivity index (χ2v) is 7.56. The van der Waals surface area contributed by atoms with Gasteiger partial charge in [-0.3, -0.25) is 19.8 Å². The van der Waals surface area contributed by atoms with Gasteiger partial charge in [-0.1, -0.05) is 11.6 Å². The van der Waals surface area contributed by atoms with E-state index in [2.05, 4.69) is 9.98 Å². The van der Waals surface area contributed by atoms with E-state index < -0.39 is 4.92 Å². The molecule has 0 spiro atoms. The van der Waals surface area contributed by atoms with Crippen molar-refractivity contribution in [2.75, 3.05) is 7.05 Å². The molecule has 0 atom stereocenters. The van der Waals surface area contributed by atoms with Crippen LogP contribution in [0.3, 0.4) is 0 Å². The summed E-state index contributed by atoms with van der Waals surface area (Å²) < 4.78 is 5.79. The molecule has 1 fully saturated rings. The lowest BCUT2D eigenvalue weighted by Gasteiger charge is -2.07. The summed E-state index contributed by atoms with van der Waals surface area (Å²) in [7, 11) is 1.63. The molecular formula is C20H13ClN4O4S. The molecule has 3 heterocycles. The Hall–Kier alpha value is -3.43. The highest BCUT2D eigenvalue weighted by atomic mass is 35.5. The first kappa shape index (κ1) is 19.9. The molecule has 10 heteroatoms. The second-order valence-electron chi connectivity index (χ2n) is 6.19. The zero-order valence-corrected chi connectivity index (χ0v) is 17.1. The Balaban J connectivity index is 1.57. The van der Waals surface area contributed by atoms with Crippen LogP contribution < -0.4 is 0 Å². The van der Waals surface area contributed by atoms with Gasteiger partial charge >= 0.3 is 0 Å². The quantitative estimate of drug-likeness (QED) is 0.241. The Morgan fingerprint density at radius 2 is 2.00 bits per heavy atom. The molecule has 0 unspecified atom stereocenters. The number of aromatic nitrogens is 1. The normalized spacial score (nSPS) is 16.6. The van der Waals surface area contributed by atoms with E-state index in [0.29, 0.717) is 32.8 Å². The number of furan rings is 1. The third-order valence-corrected chi connectivity index (χ3v) is 5.57. The standard InChI is InChI=1S/C20H13ClN4O4S/c1-24-19(26)17(30-20(24)23-15-3-2-10-22-18(15)21)11-14-8-9-16(29-14)12-4-6-13(7-5-12)25(27)28/h2-11H,1H3/b17-11+,23-20?. The summed E-state index contributed by atoms with van der Waals surface area (Å²) in [4.78, 5) is 33.2. The fourth-order valence-corrected chi connectivity index (χ4v) is 3.80. The van der Waals surface area contributed by atoms with Crippen LogP contribution in [0, 0.1) is 10.1 Å². The number of non-ortho nitro benzene ring substituents is 1. The van der Waals surface area contributed by atoms with Crippen LogP contribution in [0.4, 0.5) is 11.4 Å². The van der Waals surface area contributed by atoms with Crippen LogP contribution in [0.25, 0.3) is 17.4 Å². The highest BCUT2D eigenvalue weighted by Gasteiger charge is 2.31. The van der Waals surface area contributed by atoms with E-state index >= 15 is 0 Å².